The maximum absolute atomic E-state index is 11.7. The number of aryl methyl sites for hydroxylation is 1. The number of nitrogens with zero attached hydrogens (tertiary/aromatic N) is 2. The average Bonchev–Trinajstić information content (AvgIpc) is 3.23. The van der Waals surface area contributed by atoms with Crippen molar-refractivity contribution >= 4 is 17.5 Å². The Kier molecular flexibility index (Phi) is 4.76. The quantitative estimate of drug-likeness (QED) is 0.703. The van der Waals surface area contributed by atoms with E-state index in [1.54, 1.807) is 0 Å². The summed E-state index contributed by atoms with van der Waals surface area (Å²) in [5.41, 5.74) is 0.947. The zero-order chi connectivity index (χ0) is 14.5. The molecule has 0 aromatic carbocycles. The van der Waals surface area contributed by atoms with E-state index in [1.807, 2.05) is 20.8 Å². The summed E-state index contributed by atoms with van der Waals surface area (Å²) >= 11 is 0. The van der Waals surface area contributed by atoms with Crippen LogP contribution in [0.3, 0.4) is 0 Å². The average molecular weight is 277 g/mol. The number of anilines is 2. The van der Waals surface area contributed by atoms with E-state index in [0.717, 1.165) is 48.8 Å². The molecule has 0 aliphatic heterocycles. The largest absolute Gasteiger partial charge is 0.370 e. The highest BCUT2D eigenvalue weighted by atomic mass is 16.2. The van der Waals surface area contributed by atoms with E-state index in [2.05, 4.69) is 25.9 Å². The molecule has 0 saturated heterocycles. The highest BCUT2D eigenvalue weighted by Gasteiger charge is 2.23. The minimum absolute atomic E-state index is 0.0218. The molecule has 0 bridgehead atoms. The number of hydrogen-bond donors (Lipinski definition) is 3. The van der Waals surface area contributed by atoms with Crippen molar-refractivity contribution in [3.63, 3.8) is 0 Å². The number of rotatable bonds is 7. The number of nitrogens with one attached hydrogen (secondary N) is 3. The first kappa shape index (κ1) is 14.6. The van der Waals surface area contributed by atoms with Crippen molar-refractivity contribution in [1.29, 1.82) is 0 Å². The molecule has 2 rings (SSSR count). The van der Waals surface area contributed by atoms with Gasteiger partial charge in [0.25, 0.3) is 0 Å². The van der Waals surface area contributed by atoms with Gasteiger partial charge in [-0.1, -0.05) is 6.92 Å². The van der Waals surface area contributed by atoms with E-state index >= 15 is 0 Å². The van der Waals surface area contributed by atoms with Gasteiger partial charge in [-0.25, -0.2) is 9.97 Å². The fraction of sp³-hybridized carbons (Fsp3) is 0.643. The molecular weight excluding hydrogens is 254 g/mol. The molecule has 1 aliphatic carbocycles. The predicted molar refractivity (Wildman–Crippen MR) is 80.0 cm³/mol. The van der Waals surface area contributed by atoms with Crippen LogP contribution < -0.4 is 16.0 Å². The molecule has 0 spiro atoms. The van der Waals surface area contributed by atoms with Gasteiger partial charge in [-0.3, -0.25) is 4.79 Å². The van der Waals surface area contributed by atoms with Gasteiger partial charge in [0.15, 0.2) is 0 Å². The SMILES string of the molecule is CCNc1nc(CC)nc(NCC(=O)NC2CC2)c1C. The Hall–Kier alpha value is -1.85. The van der Waals surface area contributed by atoms with Crippen LogP contribution in [0.15, 0.2) is 0 Å². The normalized spacial score (nSPS) is 13.9. The minimum atomic E-state index is 0.0218. The van der Waals surface area contributed by atoms with Crippen LogP contribution in [0.1, 0.15) is 38.1 Å². The van der Waals surface area contributed by atoms with Crippen molar-refractivity contribution in [2.75, 3.05) is 23.7 Å². The molecule has 110 valence electrons. The maximum atomic E-state index is 11.7. The summed E-state index contributed by atoms with van der Waals surface area (Å²) < 4.78 is 0. The van der Waals surface area contributed by atoms with Gasteiger partial charge in [0, 0.05) is 24.6 Å². The number of hydrogen-bond acceptors (Lipinski definition) is 5. The number of aromatic nitrogens is 2. The maximum Gasteiger partial charge on any atom is 0.239 e. The summed E-state index contributed by atoms with van der Waals surface area (Å²) in [4.78, 5) is 20.6. The third-order valence-electron chi connectivity index (χ3n) is 3.21. The van der Waals surface area contributed by atoms with Crippen molar-refractivity contribution < 1.29 is 4.79 Å². The van der Waals surface area contributed by atoms with E-state index in [4.69, 9.17) is 0 Å². The Balaban J connectivity index is 2.04. The Bertz CT molecular complexity index is 485. The van der Waals surface area contributed by atoms with Crippen molar-refractivity contribution in [2.24, 2.45) is 0 Å². The zero-order valence-corrected chi connectivity index (χ0v) is 12.4. The van der Waals surface area contributed by atoms with Gasteiger partial charge in [0.1, 0.15) is 17.5 Å². The lowest BCUT2D eigenvalue weighted by Gasteiger charge is -2.14. The minimum Gasteiger partial charge on any atom is -0.370 e. The Morgan fingerprint density at radius 2 is 1.85 bits per heavy atom. The second-order valence-corrected chi connectivity index (χ2v) is 5.04. The van der Waals surface area contributed by atoms with Crippen LogP contribution in [-0.4, -0.2) is 35.0 Å². The number of amides is 1. The number of carbonyl (C=O) groups is 1. The number of carbonyl (C=O) groups excluding carboxylic acids is 1. The van der Waals surface area contributed by atoms with Crippen molar-refractivity contribution in [3.05, 3.63) is 11.4 Å². The van der Waals surface area contributed by atoms with Crippen LogP contribution in [0, 0.1) is 6.92 Å². The summed E-state index contributed by atoms with van der Waals surface area (Å²) in [5, 5.41) is 9.30. The molecule has 1 aromatic heterocycles. The molecule has 1 aliphatic rings. The molecule has 1 aromatic rings. The van der Waals surface area contributed by atoms with Crippen LogP contribution in [-0.2, 0) is 11.2 Å². The molecule has 20 heavy (non-hydrogen) atoms. The highest BCUT2D eigenvalue weighted by Crippen LogP contribution is 2.20. The summed E-state index contributed by atoms with van der Waals surface area (Å²) in [6.45, 7) is 7.07. The van der Waals surface area contributed by atoms with E-state index in [0.29, 0.717) is 6.04 Å². The van der Waals surface area contributed by atoms with E-state index < -0.39 is 0 Å². The second kappa shape index (κ2) is 6.54. The third kappa shape index (κ3) is 3.82. The Morgan fingerprint density at radius 1 is 1.20 bits per heavy atom. The summed E-state index contributed by atoms with van der Waals surface area (Å²) in [6, 6.07) is 0.388. The monoisotopic (exact) mass is 277 g/mol. The van der Waals surface area contributed by atoms with Crippen molar-refractivity contribution in [1.82, 2.24) is 15.3 Å². The fourth-order valence-electron chi connectivity index (χ4n) is 1.90. The lowest BCUT2D eigenvalue weighted by atomic mass is 10.3. The molecule has 0 atom stereocenters. The van der Waals surface area contributed by atoms with Crippen LogP contribution >= 0.6 is 0 Å². The molecule has 1 amide bonds. The summed E-state index contributed by atoms with van der Waals surface area (Å²) in [6.07, 6.45) is 2.97. The van der Waals surface area contributed by atoms with Gasteiger partial charge in [-0.15, -0.1) is 0 Å². The van der Waals surface area contributed by atoms with E-state index in [9.17, 15) is 4.79 Å². The van der Waals surface area contributed by atoms with E-state index in [-0.39, 0.29) is 12.5 Å². The first-order valence-corrected chi connectivity index (χ1v) is 7.28. The van der Waals surface area contributed by atoms with Gasteiger partial charge >= 0.3 is 0 Å². The zero-order valence-electron chi connectivity index (χ0n) is 12.4. The van der Waals surface area contributed by atoms with E-state index in [1.165, 1.54) is 0 Å². The Labute approximate surface area is 119 Å². The predicted octanol–water partition coefficient (Wildman–Crippen LogP) is 1.47. The highest BCUT2D eigenvalue weighted by molar-refractivity contribution is 5.81. The topological polar surface area (TPSA) is 78.9 Å². The molecular formula is C14H23N5O. The van der Waals surface area contributed by atoms with Crippen LogP contribution in [0.5, 0.6) is 0 Å². The van der Waals surface area contributed by atoms with Gasteiger partial charge < -0.3 is 16.0 Å². The molecule has 0 unspecified atom stereocenters. The first-order valence-electron chi connectivity index (χ1n) is 7.28. The molecule has 6 heteroatoms. The Morgan fingerprint density at radius 3 is 2.40 bits per heavy atom. The van der Waals surface area contributed by atoms with Crippen LogP contribution in [0.25, 0.3) is 0 Å². The third-order valence-corrected chi connectivity index (χ3v) is 3.21. The van der Waals surface area contributed by atoms with Crippen molar-refractivity contribution in [3.8, 4) is 0 Å². The lowest BCUT2D eigenvalue weighted by molar-refractivity contribution is -0.119. The molecule has 1 saturated carbocycles. The van der Waals surface area contributed by atoms with Crippen molar-refractivity contribution in [2.45, 2.75) is 46.1 Å². The van der Waals surface area contributed by atoms with Crippen LogP contribution in [0.2, 0.25) is 0 Å². The van der Waals surface area contributed by atoms with Gasteiger partial charge in [0.05, 0.1) is 6.54 Å². The fourth-order valence-corrected chi connectivity index (χ4v) is 1.90. The molecule has 6 nitrogen and oxygen atoms in total. The summed E-state index contributed by atoms with van der Waals surface area (Å²) in [5.74, 6) is 2.37. The molecule has 0 radical (unpaired) electrons. The summed E-state index contributed by atoms with van der Waals surface area (Å²) in [7, 11) is 0. The second-order valence-electron chi connectivity index (χ2n) is 5.04. The molecule has 1 fully saturated rings. The molecule has 1 heterocycles. The standard InChI is InChI=1S/C14H23N5O/c1-4-11-18-13(15-5-2)9(3)14(19-11)16-8-12(20)17-10-6-7-10/h10H,4-8H2,1-3H3,(H,17,20)(H2,15,16,18,19). The smallest absolute Gasteiger partial charge is 0.239 e. The van der Waals surface area contributed by atoms with Gasteiger partial charge in [-0.05, 0) is 26.7 Å². The van der Waals surface area contributed by atoms with Crippen LogP contribution in [0.4, 0.5) is 11.6 Å². The lowest BCUT2D eigenvalue weighted by Crippen LogP contribution is -2.31. The van der Waals surface area contributed by atoms with Gasteiger partial charge in [-0.2, -0.15) is 0 Å². The van der Waals surface area contributed by atoms with Gasteiger partial charge in [0.2, 0.25) is 5.91 Å². The molecule has 3 N–H and O–H groups in total. The first-order chi connectivity index (χ1) is 9.63.